The topological polar surface area (TPSA) is 41.1 Å². The molecule has 2 N–H and O–H groups in total. The number of thiophene rings is 1. The number of hydrogen-bond donors (Lipinski definition) is 2. The van der Waals surface area contributed by atoms with Crippen LogP contribution in [0.5, 0.6) is 0 Å². The molecule has 17 heavy (non-hydrogen) atoms. The number of rotatable bonds is 3. The van der Waals surface area contributed by atoms with Crippen LogP contribution in [0, 0.1) is 6.92 Å². The maximum absolute atomic E-state index is 12.0. The summed E-state index contributed by atoms with van der Waals surface area (Å²) in [6.45, 7) is 5.05. The first-order valence-electron chi connectivity index (χ1n) is 5.84. The van der Waals surface area contributed by atoms with Crippen molar-refractivity contribution in [1.82, 2.24) is 10.6 Å². The van der Waals surface area contributed by atoms with Crippen LogP contribution in [0.15, 0.2) is 12.1 Å². The Labute approximate surface area is 110 Å². The number of amides is 1. The molecule has 2 rings (SSSR count). The summed E-state index contributed by atoms with van der Waals surface area (Å²) in [6.07, 6.45) is 0. The second-order valence-electron chi connectivity index (χ2n) is 4.26. The molecule has 5 heteroatoms. The second-order valence-corrected chi connectivity index (χ2v) is 6.73. The molecule has 1 aromatic rings. The fourth-order valence-corrected chi connectivity index (χ4v) is 3.62. The first-order chi connectivity index (χ1) is 8.16. The summed E-state index contributed by atoms with van der Waals surface area (Å²) in [5.74, 6) is 2.10. The molecule has 1 saturated heterocycles. The molecule has 2 unspecified atom stereocenters. The minimum absolute atomic E-state index is 0.0303. The van der Waals surface area contributed by atoms with E-state index in [2.05, 4.69) is 29.7 Å². The highest BCUT2D eigenvalue weighted by Gasteiger charge is 2.22. The molecular weight excluding hydrogens is 252 g/mol. The zero-order chi connectivity index (χ0) is 12.3. The highest BCUT2D eigenvalue weighted by atomic mass is 32.2. The minimum Gasteiger partial charge on any atom is -0.347 e. The fraction of sp³-hybridized carbons (Fsp3) is 0.583. The Morgan fingerprint density at radius 3 is 3.00 bits per heavy atom. The van der Waals surface area contributed by atoms with Crippen molar-refractivity contribution < 1.29 is 4.79 Å². The van der Waals surface area contributed by atoms with Gasteiger partial charge in [-0.1, -0.05) is 0 Å². The predicted octanol–water partition coefficient (Wildman–Crippen LogP) is 1.94. The van der Waals surface area contributed by atoms with Gasteiger partial charge in [0.2, 0.25) is 5.91 Å². The zero-order valence-corrected chi connectivity index (χ0v) is 11.8. The van der Waals surface area contributed by atoms with Crippen molar-refractivity contribution in [3.63, 3.8) is 0 Å². The zero-order valence-electron chi connectivity index (χ0n) is 10.2. The number of aryl methyl sites for hydroxylation is 1. The highest BCUT2D eigenvalue weighted by molar-refractivity contribution is 7.99. The van der Waals surface area contributed by atoms with E-state index in [0.29, 0.717) is 0 Å². The molecule has 1 aliphatic heterocycles. The third-order valence-corrected chi connectivity index (χ3v) is 5.03. The molecule has 2 atom stereocenters. The van der Waals surface area contributed by atoms with Gasteiger partial charge in [0.05, 0.1) is 12.1 Å². The number of carbonyl (C=O) groups excluding carboxylic acids is 1. The molecular formula is C12H18N2OS2. The smallest absolute Gasteiger partial charge is 0.238 e. The lowest BCUT2D eigenvalue weighted by Gasteiger charge is -2.24. The monoisotopic (exact) mass is 270 g/mol. The molecule has 2 heterocycles. The summed E-state index contributed by atoms with van der Waals surface area (Å²) in [4.78, 5) is 14.5. The average molecular weight is 270 g/mol. The van der Waals surface area contributed by atoms with Crippen LogP contribution in [0.25, 0.3) is 0 Å². The molecule has 0 spiro atoms. The number of hydrogen-bond acceptors (Lipinski definition) is 4. The third kappa shape index (κ3) is 3.47. The first-order valence-corrected chi connectivity index (χ1v) is 7.82. The second kappa shape index (κ2) is 5.89. The largest absolute Gasteiger partial charge is 0.347 e. The third-order valence-electron chi connectivity index (χ3n) is 2.78. The summed E-state index contributed by atoms with van der Waals surface area (Å²) >= 11 is 3.58. The summed E-state index contributed by atoms with van der Waals surface area (Å²) in [6, 6.07) is 4.26. The van der Waals surface area contributed by atoms with Crippen LogP contribution in [0.4, 0.5) is 0 Å². The lowest BCUT2D eigenvalue weighted by atomic mass is 10.2. The van der Waals surface area contributed by atoms with Crippen molar-refractivity contribution in [2.75, 3.05) is 18.1 Å². The van der Waals surface area contributed by atoms with Crippen LogP contribution in [0.1, 0.15) is 22.7 Å². The predicted molar refractivity (Wildman–Crippen MR) is 74.7 cm³/mol. The van der Waals surface area contributed by atoms with E-state index in [4.69, 9.17) is 0 Å². The molecule has 0 bridgehead atoms. The van der Waals surface area contributed by atoms with E-state index in [0.717, 1.165) is 18.1 Å². The molecule has 3 nitrogen and oxygen atoms in total. The number of thioether (sulfide) groups is 1. The molecule has 1 aliphatic rings. The van der Waals surface area contributed by atoms with Crippen LogP contribution < -0.4 is 10.6 Å². The van der Waals surface area contributed by atoms with E-state index >= 15 is 0 Å². The van der Waals surface area contributed by atoms with Gasteiger partial charge in [0.1, 0.15) is 0 Å². The molecule has 0 aromatic carbocycles. The van der Waals surface area contributed by atoms with Crippen LogP contribution in [0.2, 0.25) is 0 Å². The molecule has 1 amide bonds. The van der Waals surface area contributed by atoms with Crippen LogP contribution in [0.3, 0.4) is 0 Å². The highest BCUT2D eigenvalue weighted by Crippen LogP contribution is 2.22. The Balaban J connectivity index is 1.89. The lowest BCUT2D eigenvalue weighted by Crippen LogP contribution is -2.49. The number of nitrogens with one attached hydrogen (secondary N) is 2. The van der Waals surface area contributed by atoms with Gasteiger partial charge in [-0.05, 0) is 26.0 Å². The van der Waals surface area contributed by atoms with Crippen molar-refractivity contribution in [3.05, 3.63) is 21.9 Å². The Bertz CT molecular complexity index is 386. The van der Waals surface area contributed by atoms with E-state index in [1.54, 1.807) is 11.3 Å². The van der Waals surface area contributed by atoms with Crippen LogP contribution in [-0.2, 0) is 4.79 Å². The molecule has 0 aliphatic carbocycles. The normalized spacial score (nSPS) is 22.1. The van der Waals surface area contributed by atoms with E-state index in [1.807, 2.05) is 18.7 Å². The van der Waals surface area contributed by atoms with E-state index in [1.165, 1.54) is 9.75 Å². The van der Waals surface area contributed by atoms with Gasteiger partial charge in [-0.2, -0.15) is 11.8 Å². The maximum atomic E-state index is 12.0. The van der Waals surface area contributed by atoms with Crippen molar-refractivity contribution in [2.45, 2.75) is 25.9 Å². The Morgan fingerprint density at radius 1 is 1.59 bits per heavy atom. The summed E-state index contributed by atoms with van der Waals surface area (Å²) < 4.78 is 0. The number of carbonyl (C=O) groups is 1. The molecule has 0 radical (unpaired) electrons. The quantitative estimate of drug-likeness (QED) is 0.882. The fourth-order valence-electron chi connectivity index (χ4n) is 1.81. The SMILES string of the molecule is Cc1ccc(C(C)NC(=O)C2CSCCN2)s1. The Morgan fingerprint density at radius 2 is 2.41 bits per heavy atom. The minimum atomic E-state index is -0.0303. The molecule has 1 aromatic heterocycles. The van der Waals surface area contributed by atoms with E-state index in [-0.39, 0.29) is 18.0 Å². The maximum Gasteiger partial charge on any atom is 0.238 e. The van der Waals surface area contributed by atoms with Crippen molar-refractivity contribution in [1.29, 1.82) is 0 Å². The standard InChI is InChI=1S/C12H18N2OS2/c1-8-3-4-11(17-8)9(2)14-12(15)10-7-16-6-5-13-10/h3-4,9-10,13H,5-7H2,1-2H3,(H,14,15). The average Bonchev–Trinajstić information content (AvgIpc) is 2.77. The molecule has 1 fully saturated rings. The van der Waals surface area contributed by atoms with Crippen molar-refractivity contribution in [3.8, 4) is 0 Å². The van der Waals surface area contributed by atoms with Crippen molar-refractivity contribution in [2.24, 2.45) is 0 Å². The van der Waals surface area contributed by atoms with Gasteiger partial charge in [-0.15, -0.1) is 11.3 Å². The van der Waals surface area contributed by atoms with E-state index < -0.39 is 0 Å². The van der Waals surface area contributed by atoms with E-state index in [9.17, 15) is 4.79 Å². The van der Waals surface area contributed by atoms with Gasteiger partial charge in [0.15, 0.2) is 0 Å². The van der Waals surface area contributed by atoms with Gasteiger partial charge in [-0.25, -0.2) is 0 Å². The van der Waals surface area contributed by atoms with Gasteiger partial charge in [0, 0.05) is 27.8 Å². The van der Waals surface area contributed by atoms with Gasteiger partial charge < -0.3 is 10.6 Å². The summed E-state index contributed by atoms with van der Waals surface area (Å²) in [5.41, 5.74) is 0. The van der Waals surface area contributed by atoms with Gasteiger partial charge >= 0.3 is 0 Å². The summed E-state index contributed by atoms with van der Waals surface area (Å²) in [7, 11) is 0. The summed E-state index contributed by atoms with van der Waals surface area (Å²) in [5, 5.41) is 6.33. The first kappa shape index (κ1) is 12.9. The Kier molecular flexibility index (Phi) is 4.48. The van der Waals surface area contributed by atoms with Crippen LogP contribution in [-0.4, -0.2) is 30.0 Å². The van der Waals surface area contributed by atoms with Crippen molar-refractivity contribution >= 4 is 29.0 Å². The van der Waals surface area contributed by atoms with Gasteiger partial charge in [0.25, 0.3) is 0 Å². The molecule has 0 saturated carbocycles. The Hall–Kier alpha value is -0.520. The molecule has 94 valence electrons. The van der Waals surface area contributed by atoms with Gasteiger partial charge in [-0.3, -0.25) is 4.79 Å². The van der Waals surface area contributed by atoms with Crippen LogP contribution >= 0.6 is 23.1 Å². The lowest BCUT2D eigenvalue weighted by molar-refractivity contribution is -0.123.